The number of para-hydroxylation sites is 1. The first-order chi connectivity index (χ1) is 11.8. The number of hydrogen-bond acceptors (Lipinski definition) is 3. The molecule has 2 fully saturated rings. The number of rotatable bonds is 7. The van der Waals surface area contributed by atoms with Gasteiger partial charge < -0.3 is 9.30 Å². The van der Waals surface area contributed by atoms with Crippen LogP contribution >= 0.6 is 0 Å². The monoisotopic (exact) mass is 326 g/mol. The average Bonchev–Trinajstić information content (AvgIpc) is 3.37. The van der Waals surface area contributed by atoms with E-state index >= 15 is 0 Å². The van der Waals surface area contributed by atoms with Crippen LogP contribution in [0, 0.1) is 5.92 Å². The fraction of sp³-hybridized carbons (Fsp3) is 0.550. The van der Waals surface area contributed by atoms with Crippen LogP contribution in [0.5, 0.6) is 0 Å². The molecule has 4 nitrogen and oxygen atoms in total. The van der Waals surface area contributed by atoms with Gasteiger partial charge in [0, 0.05) is 30.2 Å². The number of likely N-dealkylation sites (tertiary alicyclic amines) is 1. The number of ether oxygens (including phenoxy) is 1. The van der Waals surface area contributed by atoms with Gasteiger partial charge in [0.25, 0.3) is 6.47 Å². The van der Waals surface area contributed by atoms with Crippen LogP contribution in [-0.2, 0) is 16.1 Å². The maximum Gasteiger partial charge on any atom is 0.293 e. The number of hydrogen-bond donors (Lipinski definition) is 0. The van der Waals surface area contributed by atoms with Crippen LogP contribution in [0.3, 0.4) is 0 Å². The summed E-state index contributed by atoms with van der Waals surface area (Å²) in [4.78, 5) is 12.7. The number of nitrogens with zero attached hydrogens (tertiary/aromatic N) is 2. The van der Waals surface area contributed by atoms with E-state index in [1.165, 1.54) is 48.7 Å². The van der Waals surface area contributed by atoms with E-state index in [1.54, 1.807) is 0 Å². The molecule has 1 aliphatic heterocycles. The van der Waals surface area contributed by atoms with Crippen molar-refractivity contribution in [2.45, 2.75) is 38.1 Å². The second-order valence-corrected chi connectivity index (χ2v) is 7.28. The Kier molecular flexibility index (Phi) is 4.56. The summed E-state index contributed by atoms with van der Waals surface area (Å²) >= 11 is 0. The first kappa shape index (κ1) is 15.7. The second-order valence-electron chi connectivity index (χ2n) is 7.28. The molecule has 4 heteroatoms. The summed E-state index contributed by atoms with van der Waals surface area (Å²) < 4.78 is 7.32. The SMILES string of the molecule is O=COCCN1CCC(c2cn(CC3CC3)c3ccccc23)CC1. The molecule has 2 aromatic rings. The zero-order chi connectivity index (χ0) is 16.4. The maximum absolute atomic E-state index is 10.2. The second kappa shape index (κ2) is 6.98. The lowest BCUT2D eigenvalue weighted by atomic mass is 9.89. The molecule has 0 bridgehead atoms. The predicted octanol–water partition coefficient (Wildman–Crippen LogP) is 3.40. The Morgan fingerprint density at radius 3 is 2.67 bits per heavy atom. The third-order valence-electron chi connectivity index (χ3n) is 5.59. The zero-order valence-corrected chi connectivity index (χ0v) is 14.2. The van der Waals surface area contributed by atoms with Gasteiger partial charge in [-0.25, -0.2) is 0 Å². The Balaban J connectivity index is 1.47. The molecule has 0 unspecified atom stereocenters. The average molecular weight is 326 g/mol. The normalized spacial score (nSPS) is 19.7. The van der Waals surface area contributed by atoms with Crippen LogP contribution in [0.2, 0.25) is 0 Å². The lowest BCUT2D eigenvalue weighted by Gasteiger charge is -2.31. The molecule has 0 spiro atoms. The lowest BCUT2D eigenvalue weighted by molar-refractivity contribution is -0.129. The molecule has 0 N–H and O–H groups in total. The van der Waals surface area contributed by atoms with Crippen LogP contribution < -0.4 is 0 Å². The molecule has 1 saturated heterocycles. The summed E-state index contributed by atoms with van der Waals surface area (Å²) in [5, 5.41) is 1.45. The molecule has 1 aliphatic carbocycles. The zero-order valence-electron chi connectivity index (χ0n) is 14.2. The Hall–Kier alpha value is -1.81. The quantitative estimate of drug-likeness (QED) is 0.578. The van der Waals surface area contributed by atoms with Gasteiger partial charge in [0.2, 0.25) is 0 Å². The first-order valence-corrected chi connectivity index (χ1v) is 9.20. The molecule has 1 aromatic carbocycles. The minimum absolute atomic E-state index is 0.509. The Morgan fingerprint density at radius 1 is 1.12 bits per heavy atom. The fourth-order valence-corrected chi connectivity index (χ4v) is 4.03. The lowest BCUT2D eigenvalue weighted by Crippen LogP contribution is -2.35. The molecule has 2 heterocycles. The summed E-state index contributed by atoms with van der Waals surface area (Å²) in [5.74, 6) is 1.55. The van der Waals surface area contributed by atoms with Crippen molar-refractivity contribution in [2.24, 2.45) is 5.92 Å². The van der Waals surface area contributed by atoms with E-state index in [0.29, 0.717) is 19.0 Å². The van der Waals surface area contributed by atoms with E-state index in [2.05, 4.69) is 39.9 Å². The fourth-order valence-electron chi connectivity index (χ4n) is 4.03. The number of fused-ring (bicyclic) bond motifs is 1. The van der Waals surface area contributed by atoms with Gasteiger partial charge in [0.15, 0.2) is 0 Å². The highest BCUT2D eigenvalue weighted by atomic mass is 16.5. The van der Waals surface area contributed by atoms with Gasteiger partial charge in [-0.3, -0.25) is 9.69 Å². The van der Waals surface area contributed by atoms with Crippen molar-refractivity contribution in [1.29, 1.82) is 0 Å². The molecule has 0 radical (unpaired) electrons. The van der Waals surface area contributed by atoms with E-state index in [0.717, 1.165) is 25.6 Å². The Bertz CT molecular complexity index is 697. The molecule has 24 heavy (non-hydrogen) atoms. The van der Waals surface area contributed by atoms with Crippen molar-refractivity contribution < 1.29 is 9.53 Å². The number of piperidine rings is 1. The van der Waals surface area contributed by atoms with Crippen molar-refractivity contribution in [3.8, 4) is 0 Å². The van der Waals surface area contributed by atoms with Gasteiger partial charge in [-0.2, -0.15) is 0 Å². The number of aromatic nitrogens is 1. The summed E-state index contributed by atoms with van der Waals surface area (Å²) in [7, 11) is 0. The standard InChI is InChI=1S/C20H26N2O2/c23-15-24-12-11-21-9-7-17(8-10-21)19-14-22(13-16-5-6-16)20-4-2-1-3-18(19)20/h1-4,14-17H,5-13H2. The van der Waals surface area contributed by atoms with E-state index in [-0.39, 0.29) is 0 Å². The van der Waals surface area contributed by atoms with Gasteiger partial charge in [-0.1, -0.05) is 18.2 Å². The van der Waals surface area contributed by atoms with Gasteiger partial charge in [-0.15, -0.1) is 0 Å². The Labute approximate surface area is 143 Å². The van der Waals surface area contributed by atoms with Crippen LogP contribution in [0.25, 0.3) is 10.9 Å². The maximum atomic E-state index is 10.2. The third-order valence-corrected chi connectivity index (χ3v) is 5.59. The third kappa shape index (κ3) is 3.34. The van der Waals surface area contributed by atoms with Crippen LogP contribution in [0.15, 0.2) is 30.5 Å². The molecule has 128 valence electrons. The Morgan fingerprint density at radius 2 is 1.92 bits per heavy atom. The van der Waals surface area contributed by atoms with Crippen LogP contribution in [0.1, 0.15) is 37.2 Å². The molecule has 1 saturated carbocycles. The highest BCUT2D eigenvalue weighted by molar-refractivity contribution is 5.84. The van der Waals surface area contributed by atoms with Crippen molar-refractivity contribution in [2.75, 3.05) is 26.2 Å². The minimum atomic E-state index is 0.509. The smallest absolute Gasteiger partial charge is 0.293 e. The van der Waals surface area contributed by atoms with E-state index in [1.807, 2.05) is 0 Å². The number of carbonyl (C=O) groups is 1. The van der Waals surface area contributed by atoms with Crippen molar-refractivity contribution in [3.63, 3.8) is 0 Å². The van der Waals surface area contributed by atoms with Crippen LogP contribution in [-0.4, -0.2) is 42.2 Å². The molecule has 4 rings (SSSR count). The summed E-state index contributed by atoms with van der Waals surface area (Å²) in [5.41, 5.74) is 2.94. The van der Waals surface area contributed by atoms with Crippen molar-refractivity contribution in [3.05, 3.63) is 36.0 Å². The predicted molar refractivity (Wildman–Crippen MR) is 95.1 cm³/mol. The molecule has 1 aromatic heterocycles. The highest BCUT2D eigenvalue weighted by Crippen LogP contribution is 2.37. The largest absolute Gasteiger partial charge is 0.467 e. The van der Waals surface area contributed by atoms with E-state index in [9.17, 15) is 4.79 Å². The van der Waals surface area contributed by atoms with Crippen molar-refractivity contribution >= 4 is 17.4 Å². The van der Waals surface area contributed by atoms with Crippen molar-refractivity contribution in [1.82, 2.24) is 9.47 Å². The minimum Gasteiger partial charge on any atom is -0.467 e. The van der Waals surface area contributed by atoms with E-state index in [4.69, 9.17) is 4.74 Å². The van der Waals surface area contributed by atoms with Gasteiger partial charge in [0.1, 0.15) is 6.61 Å². The van der Waals surface area contributed by atoms with Gasteiger partial charge in [-0.05, 0) is 62.2 Å². The summed E-state index contributed by atoms with van der Waals surface area (Å²) in [6.07, 6.45) is 7.60. The first-order valence-electron chi connectivity index (χ1n) is 9.20. The molecule has 2 aliphatic rings. The van der Waals surface area contributed by atoms with E-state index < -0.39 is 0 Å². The highest BCUT2D eigenvalue weighted by Gasteiger charge is 2.26. The summed E-state index contributed by atoms with van der Waals surface area (Å²) in [6.45, 7) is 5.28. The molecule has 0 amide bonds. The topological polar surface area (TPSA) is 34.5 Å². The summed E-state index contributed by atoms with van der Waals surface area (Å²) in [6, 6.07) is 8.88. The van der Waals surface area contributed by atoms with Crippen LogP contribution in [0.4, 0.5) is 0 Å². The number of benzene rings is 1. The molecular weight excluding hydrogens is 300 g/mol. The molecule has 0 atom stereocenters. The van der Waals surface area contributed by atoms with Gasteiger partial charge in [0.05, 0.1) is 0 Å². The number of carbonyl (C=O) groups excluding carboxylic acids is 1. The molecular formula is C20H26N2O2. The van der Waals surface area contributed by atoms with Gasteiger partial charge >= 0.3 is 0 Å².